The molecule has 28 heavy (non-hydrogen) atoms. The van der Waals surface area contributed by atoms with Crippen molar-refractivity contribution in [3.05, 3.63) is 0 Å². The van der Waals surface area contributed by atoms with E-state index in [-0.39, 0.29) is 25.4 Å². The molecule has 0 bridgehead atoms. The largest absolute Gasteiger partial charge is 0.394 e. The second-order valence-electron chi connectivity index (χ2n) is 9.15. The summed E-state index contributed by atoms with van der Waals surface area (Å²) in [6, 6.07) is 0. The van der Waals surface area contributed by atoms with Crippen molar-refractivity contribution >= 4 is 0 Å². The van der Waals surface area contributed by atoms with Crippen molar-refractivity contribution in [2.75, 3.05) is 19.8 Å². The molecule has 3 atom stereocenters. The molecule has 1 aliphatic rings. The quantitative estimate of drug-likeness (QED) is 0.194. The summed E-state index contributed by atoms with van der Waals surface area (Å²) in [4.78, 5) is 0. The summed E-state index contributed by atoms with van der Waals surface area (Å²) in [6.45, 7) is 5.38. The molecule has 0 aromatic carbocycles. The second-order valence-corrected chi connectivity index (χ2v) is 9.15. The van der Waals surface area contributed by atoms with Crippen molar-refractivity contribution in [3.8, 4) is 0 Å². The molecule has 0 spiro atoms. The Labute approximate surface area is 174 Å². The maximum Gasteiger partial charge on any atom is 0.107 e. The molecule has 0 radical (unpaired) electrons. The SMILES string of the molecule is CC(C)CCCCCCCCCCCCCCCC(OCC(O)CO)C1CO1. The Kier molecular flexibility index (Phi) is 16.3. The van der Waals surface area contributed by atoms with Gasteiger partial charge in [0.1, 0.15) is 12.2 Å². The number of hydrogen-bond acceptors (Lipinski definition) is 4. The zero-order valence-corrected chi connectivity index (χ0v) is 18.7. The van der Waals surface area contributed by atoms with Gasteiger partial charge in [-0.1, -0.05) is 104 Å². The van der Waals surface area contributed by atoms with E-state index in [0.717, 1.165) is 25.4 Å². The zero-order chi connectivity index (χ0) is 20.5. The summed E-state index contributed by atoms with van der Waals surface area (Å²) in [5.41, 5.74) is 0. The minimum absolute atomic E-state index is 0.0894. The van der Waals surface area contributed by atoms with Crippen molar-refractivity contribution in [3.63, 3.8) is 0 Å². The lowest BCUT2D eigenvalue weighted by atomic mass is 10.0. The van der Waals surface area contributed by atoms with E-state index in [0.29, 0.717) is 0 Å². The Morgan fingerprint density at radius 2 is 1.21 bits per heavy atom. The van der Waals surface area contributed by atoms with E-state index in [1.165, 1.54) is 83.5 Å². The minimum Gasteiger partial charge on any atom is -0.394 e. The maximum atomic E-state index is 9.41. The van der Waals surface area contributed by atoms with Crippen molar-refractivity contribution in [2.24, 2.45) is 5.92 Å². The highest BCUT2D eigenvalue weighted by atomic mass is 16.6. The number of epoxide rings is 1. The molecule has 1 aliphatic heterocycles. The Morgan fingerprint density at radius 3 is 1.61 bits per heavy atom. The molecule has 0 amide bonds. The number of rotatable bonds is 21. The van der Waals surface area contributed by atoms with Gasteiger partial charge < -0.3 is 19.7 Å². The normalized spacial score (nSPS) is 18.5. The third kappa shape index (κ3) is 15.7. The zero-order valence-electron chi connectivity index (χ0n) is 18.7. The van der Waals surface area contributed by atoms with Crippen molar-refractivity contribution in [1.29, 1.82) is 0 Å². The van der Waals surface area contributed by atoms with Gasteiger partial charge in [0.2, 0.25) is 0 Å². The third-order valence-corrected chi connectivity index (χ3v) is 5.76. The molecule has 1 rings (SSSR count). The molecule has 168 valence electrons. The van der Waals surface area contributed by atoms with E-state index >= 15 is 0 Å². The number of unbranched alkanes of at least 4 members (excludes halogenated alkanes) is 12. The first-order valence-electron chi connectivity index (χ1n) is 12.2. The average molecular weight is 401 g/mol. The van der Waals surface area contributed by atoms with Gasteiger partial charge in [-0.3, -0.25) is 0 Å². The number of aliphatic hydroxyl groups excluding tert-OH is 2. The first-order valence-corrected chi connectivity index (χ1v) is 12.2. The van der Waals surface area contributed by atoms with Crippen LogP contribution >= 0.6 is 0 Å². The topological polar surface area (TPSA) is 62.2 Å². The molecule has 2 N–H and O–H groups in total. The van der Waals surface area contributed by atoms with Gasteiger partial charge in [0.25, 0.3) is 0 Å². The van der Waals surface area contributed by atoms with Gasteiger partial charge in [0, 0.05) is 0 Å². The second kappa shape index (κ2) is 17.7. The summed E-state index contributed by atoms with van der Waals surface area (Å²) in [6.07, 6.45) is 19.8. The van der Waals surface area contributed by atoms with Crippen LogP contribution in [0, 0.1) is 5.92 Å². The highest BCUT2D eigenvalue weighted by Gasteiger charge is 2.33. The van der Waals surface area contributed by atoms with Gasteiger partial charge in [-0.15, -0.1) is 0 Å². The van der Waals surface area contributed by atoms with E-state index in [4.69, 9.17) is 14.6 Å². The highest BCUT2D eigenvalue weighted by molar-refractivity contribution is 4.80. The van der Waals surface area contributed by atoms with Gasteiger partial charge >= 0.3 is 0 Å². The molecule has 0 aliphatic carbocycles. The first kappa shape index (κ1) is 25.9. The number of aliphatic hydroxyl groups is 2. The van der Waals surface area contributed by atoms with Crippen LogP contribution in [-0.2, 0) is 9.47 Å². The summed E-state index contributed by atoms with van der Waals surface area (Å²) in [5, 5.41) is 18.3. The van der Waals surface area contributed by atoms with Crippen LogP contribution in [0.15, 0.2) is 0 Å². The van der Waals surface area contributed by atoms with E-state index in [2.05, 4.69) is 13.8 Å². The number of ether oxygens (including phenoxy) is 2. The van der Waals surface area contributed by atoms with E-state index < -0.39 is 6.10 Å². The lowest BCUT2D eigenvalue weighted by molar-refractivity contribution is -0.0403. The van der Waals surface area contributed by atoms with Crippen LogP contribution in [0.4, 0.5) is 0 Å². The highest BCUT2D eigenvalue weighted by Crippen LogP contribution is 2.23. The molecule has 0 aromatic rings. The molecular formula is C24H48O4. The smallest absolute Gasteiger partial charge is 0.107 e. The average Bonchev–Trinajstić information content (AvgIpc) is 3.51. The van der Waals surface area contributed by atoms with Crippen LogP contribution in [0.2, 0.25) is 0 Å². The third-order valence-electron chi connectivity index (χ3n) is 5.76. The van der Waals surface area contributed by atoms with Crippen LogP contribution in [-0.4, -0.2) is 48.3 Å². The van der Waals surface area contributed by atoms with Gasteiger partial charge in [-0.05, 0) is 12.3 Å². The fraction of sp³-hybridized carbons (Fsp3) is 1.00. The predicted molar refractivity (Wildman–Crippen MR) is 117 cm³/mol. The van der Waals surface area contributed by atoms with Crippen LogP contribution in [0.25, 0.3) is 0 Å². The van der Waals surface area contributed by atoms with Crippen LogP contribution in [0.1, 0.15) is 110 Å². The van der Waals surface area contributed by atoms with Gasteiger partial charge in [0.15, 0.2) is 0 Å². The summed E-state index contributed by atoms with van der Waals surface area (Å²) in [5.74, 6) is 0.868. The molecule has 0 aromatic heterocycles. The van der Waals surface area contributed by atoms with E-state index in [1.54, 1.807) is 0 Å². The van der Waals surface area contributed by atoms with Gasteiger partial charge in [-0.2, -0.15) is 0 Å². The molecule has 4 heteroatoms. The standard InChI is InChI=1S/C24H48O4/c1-21(2)16-14-12-10-8-6-4-3-5-7-9-11-13-15-17-23(24-20-28-24)27-19-22(26)18-25/h21-26H,3-20H2,1-2H3. The van der Waals surface area contributed by atoms with Crippen molar-refractivity contribution in [1.82, 2.24) is 0 Å². The monoisotopic (exact) mass is 400 g/mol. The summed E-state index contributed by atoms with van der Waals surface area (Å²) >= 11 is 0. The minimum atomic E-state index is -0.772. The Hall–Kier alpha value is -0.160. The summed E-state index contributed by atoms with van der Waals surface area (Å²) < 4.78 is 11.1. The Balaban J connectivity index is 1.80. The van der Waals surface area contributed by atoms with Crippen LogP contribution in [0.3, 0.4) is 0 Å². The lowest BCUT2D eigenvalue weighted by Crippen LogP contribution is -2.27. The van der Waals surface area contributed by atoms with Crippen LogP contribution in [0.5, 0.6) is 0 Å². The maximum absolute atomic E-state index is 9.41. The molecule has 0 saturated carbocycles. The van der Waals surface area contributed by atoms with E-state index in [1.807, 2.05) is 0 Å². The molecule has 1 fully saturated rings. The number of hydrogen-bond donors (Lipinski definition) is 2. The molecule has 1 heterocycles. The predicted octanol–water partition coefficient (Wildman–Crippen LogP) is 5.63. The van der Waals surface area contributed by atoms with Gasteiger partial charge in [0.05, 0.1) is 25.9 Å². The van der Waals surface area contributed by atoms with E-state index in [9.17, 15) is 5.11 Å². The fourth-order valence-electron chi connectivity index (χ4n) is 3.78. The molecule has 4 nitrogen and oxygen atoms in total. The fourth-order valence-corrected chi connectivity index (χ4v) is 3.78. The van der Waals surface area contributed by atoms with Crippen molar-refractivity contribution < 1.29 is 19.7 Å². The first-order chi connectivity index (χ1) is 13.6. The Morgan fingerprint density at radius 1 is 0.786 bits per heavy atom. The van der Waals surface area contributed by atoms with Crippen molar-refractivity contribution in [2.45, 2.75) is 128 Å². The molecular weight excluding hydrogens is 352 g/mol. The summed E-state index contributed by atoms with van der Waals surface area (Å²) in [7, 11) is 0. The lowest BCUT2D eigenvalue weighted by Gasteiger charge is -2.17. The molecule has 3 unspecified atom stereocenters. The Bertz CT molecular complexity index is 331. The van der Waals surface area contributed by atoms with Crippen LogP contribution < -0.4 is 0 Å². The molecule has 1 saturated heterocycles. The van der Waals surface area contributed by atoms with Gasteiger partial charge in [-0.25, -0.2) is 0 Å².